The molecule has 0 radical (unpaired) electrons. The maximum atomic E-state index is 13.5. The van der Waals surface area contributed by atoms with Crippen LogP contribution in [0.1, 0.15) is 32.1 Å². The number of rotatable bonds is 8. The first-order valence-electron chi connectivity index (χ1n) is 11.4. The van der Waals surface area contributed by atoms with Crippen LogP contribution < -0.4 is 26.4 Å². The average Bonchev–Trinajstić information content (AvgIpc) is 2.74. The summed E-state index contributed by atoms with van der Waals surface area (Å²) in [6.45, 7) is -0.331. The second kappa shape index (κ2) is 8.16. The van der Waals surface area contributed by atoms with Gasteiger partial charge in [-0.1, -0.05) is 11.6 Å². The second-order valence-electron chi connectivity index (χ2n) is 10.2. The second-order valence-corrected chi connectivity index (χ2v) is 10.6. The summed E-state index contributed by atoms with van der Waals surface area (Å²) in [5, 5.41) is 8.42. The van der Waals surface area contributed by atoms with E-state index < -0.39 is 64.8 Å². The van der Waals surface area contributed by atoms with Crippen molar-refractivity contribution in [2.24, 2.45) is 11.1 Å². The fourth-order valence-corrected chi connectivity index (χ4v) is 5.97. The van der Waals surface area contributed by atoms with Crippen LogP contribution >= 0.6 is 11.6 Å². The van der Waals surface area contributed by atoms with Crippen LogP contribution in [0.4, 0.5) is 13.2 Å². The van der Waals surface area contributed by atoms with E-state index in [-0.39, 0.29) is 23.0 Å². The standard InChI is InChI=1S/C24H24ClF3N4O4/c25-16-2-1-15(5-17(16)26)36-9-18(33)32-22-10-21(11-22,12-22)24(20(29)35)6-13(3-4-30-24)19(34)31-14-7-23(27,28)8-14/h1-6,14,30H,7-12H2,(H2,29,35)(H,31,34)(H,32,33). The lowest BCUT2D eigenvalue weighted by Crippen LogP contribution is -2.85. The minimum Gasteiger partial charge on any atom is -0.484 e. The van der Waals surface area contributed by atoms with Gasteiger partial charge in [0.25, 0.3) is 17.7 Å². The summed E-state index contributed by atoms with van der Waals surface area (Å²) < 4.78 is 45.1. The van der Waals surface area contributed by atoms with E-state index in [4.69, 9.17) is 22.1 Å². The van der Waals surface area contributed by atoms with Crippen molar-refractivity contribution < 1.29 is 32.3 Å². The van der Waals surface area contributed by atoms with Crippen molar-refractivity contribution >= 4 is 29.3 Å². The number of nitrogens with one attached hydrogen (secondary N) is 3. The number of hydrogen-bond donors (Lipinski definition) is 4. The molecule has 4 aliphatic carbocycles. The van der Waals surface area contributed by atoms with E-state index in [1.807, 2.05) is 0 Å². The Bertz CT molecular complexity index is 1190. The fraction of sp³-hybridized carbons (Fsp3) is 0.458. The van der Waals surface area contributed by atoms with Crippen molar-refractivity contribution in [3.63, 3.8) is 0 Å². The van der Waals surface area contributed by atoms with Crippen LogP contribution in [-0.4, -0.2) is 47.4 Å². The molecule has 1 heterocycles. The molecule has 1 aromatic carbocycles. The minimum atomic E-state index is -2.77. The predicted octanol–water partition coefficient (Wildman–Crippen LogP) is 2.08. The third-order valence-corrected chi connectivity index (χ3v) is 7.86. The van der Waals surface area contributed by atoms with E-state index in [1.165, 1.54) is 30.5 Å². The molecule has 1 unspecified atom stereocenters. The normalized spacial score (nSPS) is 31.5. The summed E-state index contributed by atoms with van der Waals surface area (Å²) in [7, 11) is 0. The van der Waals surface area contributed by atoms with Gasteiger partial charge in [0.15, 0.2) is 6.61 Å². The summed E-state index contributed by atoms with van der Waals surface area (Å²) in [4.78, 5) is 37.7. The summed E-state index contributed by atoms with van der Waals surface area (Å²) >= 11 is 5.64. The van der Waals surface area contributed by atoms with Crippen LogP contribution in [0.25, 0.3) is 0 Å². The fourth-order valence-electron chi connectivity index (χ4n) is 5.86. The summed E-state index contributed by atoms with van der Waals surface area (Å²) in [5.74, 6) is -4.91. The first kappa shape index (κ1) is 24.5. The third-order valence-electron chi connectivity index (χ3n) is 7.55. The summed E-state index contributed by atoms with van der Waals surface area (Å²) in [6.07, 6.45) is 4.86. The third kappa shape index (κ3) is 3.99. The number of dihydropyridines is 1. The van der Waals surface area contributed by atoms with Gasteiger partial charge in [0.1, 0.15) is 17.1 Å². The van der Waals surface area contributed by atoms with Gasteiger partial charge in [-0.2, -0.15) is 0 Å². The smallest absolute Gasteiger partial charge is 0.258 e. The number of amides is 3. The van der Waals surface area contributed by atoms with Crippen molar-refractivity contribution in [2.45, 2.75) is 55.1 Å². The van der Waals surface area contributed by atoms with Gasteiger partial charge in [0, 0.05) is 41.5 Å². The van der Waals surface area contributed by atoms with Crippen molar-refractivity contribution in [1.82, 2.24) is 16.0 Å². The van der Waals surface area contributed by atoms with Gasteiger partial charge >= 0.3 is 0 Å². The van der Waals surface area contributed by atoms with Crippen molar-refractivity contribution in [3.8, 4) is 5.75 Å². The molecule has 5 N–H and O–H groups in total. The predicted molar refractivity (Wildman–Crippen MR) is 122 cm³/mol. The summed E-state index contributed by atoms with van der Waals surface area (Å²) in [6, 6.07) is 3.23. The van der Waals surface area contributed by atoms with Crippen molar-refractivity contribution in [1.29, 1.82) is 0 Å². The van der Waals surface area contributed by atoms with Crippen molar-refractivity contribution in [3.05, 3.63) is 53.0 Å². The Kier molecular flexibility index (Phi) is 5.55. The summed E-state index contributed by atoms with van der Waals surface area (Å²) in [5.41, 5.74) is 3.43. The Morgan fingerprint density at radius 2 is 1.89 bits per heavy atom. The first-order chi connectivity index (χ1) is 16.9. The van der Waals surface area contributed by atoms with E-state index in [0.717, 1.165) is 6.07 Å². The van der Waals surface area contributed by atoms with E-state index >= 15 is 0 Å². The molecule has 0 saturated heterocycles. The number of carbonyl (C=O) groups is 3. The molecule has 4 fully saturated rings. The molecule has 1 aromatic rings. The molecular weight excluding hydrogens is 501 g/mol. The highest BCUT2D eigenvalue weighted by Crippen LogP contribution is 2.72. The lowest BCUT2D eigenvalue weighted by molar-refractivity contribution is -0.198. The van der Waals surface area contributed by atoms with E-state index in [1.54, 1.807) is 0 Å². The number of halogens is 4. The van der Waals surface area contributed by atoms with Crippen LogP contribution in [0.5, 0.6) is 5.75 Å². The molecular formula is C24H24ClF3N4O4. The molecule has 2 bridgehead atoms. The highest BCUT2D eigenvalue weighted by Gasteiger charge is 2.77. The van der Waals surface area contributed by atoms with Gasteiger partial charge in [-0.05, 0) is 49.7 Å². The number of alkyl halides is 2. The molecule has 0 spiro atoms. The van der Waals surface area contributed by atoms with E-state index in [2.05, 4.69) is 16.0 Å². The molecule has 6 rings (SSSR count). The SMILES string of the molecule is NC(=O)C1(C23CC(NC(=O)COc4ccc(Cl)c(F)c4)(C2)C3)C=C(C(=O)NC2CC(F)(F)C2)C=CN1. The quantitative estimate of drug-likeness (QED) is 0.415. The Hall–Kier alpha value is -3.21. The number of primary amides is 1. The molecule has 0 aromatic heterocycles. The topological polar surface area (TPSA) is 123 Å². The molecule has 1 atom stereocenters. The number of benzene rings is 1. The number of hydrogen-bond acceptors (Lipinski definition) is 5. The van der Waals surface area contributed by atoms with Crippen LogP contribution in [0, 0.1) is 11.2 Å². The zero-order chi connectivity index (χ0) is 25.9. The molecule has 5 aliphatic rings. The number of ether oxygens (including phenoxy) is 1. The van der Waals surface area contributed by atoms with Crippen LogP contribution in [0.3, 0.4) is 0 Å². The Morgan fingerprint density at radius 1 is 1.19 bits per heavy atom. The number of nitrogens with two attached hydrogens (primary N) is 1. The van der Waals surface area contributed by atoms with Gasteiger partial charge in [-0.3, -0.25) is 14.4 Å². The highest BCUT2D eigenvalue weighted by atomic mass is 35.5. The Labute approximate surface area is 209 Å². The molecule has 192 valence electrons. The molecule has 1 aliphatic heterocycles. The maximum absolute atomic E-state index is 13.5. The largest absolute Gasteiger partial charge is 0.484 e. The lowest BCUT2D eigenvalue weighted by atomic mass is 9.33. The molecule has 3 amide bonds. The average molecular weight is 525 g/mol. The maximum Gasteiger partial charge on any atom is 0.258 e. The highest BCUT2D eigenvalue weighted by molar-refractivity contribution is 6.30. The molecule has 36 heavy (non-hydrogen) atoms. The van der Waals surface area contributed by atoms with Crippen LogP contribution in [0.2, 0.25) is 5.02 Å². The van der Waals surface area contributed by atoms with Gasteiger partial charge in [-0.25, -0.2) is 13.2 Å². The molecule has 12 heteroatoms. The zero-order valence-electron chi connectivity index (χ0n) is 19.0. The van der Waals surface area contributed by atoms with Gasteiger partial charge in [0.05, 0.1) is 5.02 Å². The molecule has 8 nitrogen and oxygen atoms in total. The molecule has 4 saturated carbocycles. The number of carbonyl (C=O) groups excluding carboxylic acids is 3. The first-order valence-corrected chi connectivity index (χ1v) is 11.8. The Morgan fingerprint density at radius 3 is 2.50 bits per heavy atom. The minimum absolute atomic E-state index is 0.0558. The van der Waals surface area contributed by atoms with Gasteiger partial charge < -0.3 is 26.4 Å². The Balaban J connectivity index is 1.20. The van der Waals surface area contributed by atoms with Gasteiger partial charge in [0.2, 0.25) is 5.91 Å². The van der Waals surface area contributed by atoms with Crippen LogP contribution in [0.15, 0.2) is 42.1 Å². The van der Waals surface area contributed by atoms with Gasteiger partial charge in [-0.15, -0.1) is 0 Å². The zero-order valence-corrected chi connectivity index (χ0v) is 19.8. The monoisotopic (exact) mass is 524 g/mol. The van der Waals surface area contributed by atoms with E-state index in [0.29, 0.717) is 19.3 Å². The van der Waals surface area contributed by atoms with Crippen molar-refractivity contribution in [2.75, 3.05) is 6.61 Å². The van der Waals surface area contributed by atoms with E-state index in [9.17, 15) is 27.6 Å². The lowest BCUT2D eigenvalue weighted by Gasteiger charge is -2.75. The van der Waals surface area contributed by atoms with Crippen LogP contribution in [-0.2, 0) is 14.4 Å².